The molecule has 2 rings (SSSR count). The van der Waals surface area contributed by atoms with Crippen LogP contribution in [0.3, 0.4) is 0 Å². The minimum Gasteiger partial charge on any atom is -0.313 e. The standard InChI is InChI=1S/C15H21Cl2NS/c1-11(10-18-13-5-3-2-4-6-13)19-15-9-12(16)7-8-14(15)17/h7-9,11,13,18H,2-6,10H2,1H3. The van der Waals surface area contributed by atoms with Gasteiger partial charge in [-0.2, -0.15) is 0 Å². The predicted molar refractivity (Wildman–Crippen MR) is 86.7 cm³/mol. The second-order valence-electron chi connectivity index (χ2n) is 5.25. The van der Waals surface area contributed by atoms with Gasteiger partial charge in [-0.15, -0.1) is 11.8 Å². The summed E-state index contributed by atoms with van der Waals surface area (Å²) >= 11 is 14.0. The molecule has 0 aliphatic heterocycles. The smallest absolute Gasteiger partial charge is 0.0543 e. The Bertz CT molecular complexity index is 405. The van der Waals surface area contributed by atoms with Crippen LogP contribution in [0.25, 0.3) is 0 Å². The molecule has 1 aromatic carbocycles. The number of rotatable bonds is 5. The highest BCUT2D eigenvalue weighted by Gasteiger charge is 2.14. The van der Waals surface area contributed by atoms with Crippen LogP contribution in [-0.2, 0) is 0 Å². The summed E-state index contributed by atoms with van der Waals surface area (Å²) in [4.78, 5) is 1.08. The molecule has 0 heterocycles. The van der Waals surface area contributed by atoms with E-state index in [2.05, 4.69) is 12.2 Å². The Balaban J connectivity index is 1.80. The van der Waals surface area contributed by atoms with Crippen molar-refractivity contribution >= 4 is 35.0 Å². The molecule has 1 aliphatic carbocycles. The largest absolute Gasteiger partial charge is 0.313 e. The molecule has 0 amide bonds. The van der Waals surface area contributed by atoms with Gasteiger partial charge in [-0.3, -0.25) is 0 Å². The Hall–Kier alpha value is 0.110. The van der Waals surface area contributed by atoms with Crippen LogP contribution < -0.4 is 5.32 Å². The Labute approximate surface area is 130 Å². The van der Waals surface area contributed by atoms with Crippen molar-refractivity contribution in [3.63, 3.8) is 0 Å². The van der Waals surface area contributed by atoms with Gasteiger partial charge < -0.3 is 5.32 Å². The zero-order valence-electron chi connectivity index (χ0n) is 11.3. The van der Waals surface area contributed by atoms with Gasteiger partial charge in [-0.05, 0) is 31.0 Å². The third kappa shape index (κ3) is 5.18. The van der Waals surface area contributed by atoms with Gasteiger partial charge in [0.15, 0.2) is 0 Å². The predicted octanol–water partition coefficient (Wildman–Crippen LogP) is 5.40. The summed E-state index contributed by atoms with van der Waals surface area (Å²) < 4.78 is 0. The van der Waals surface area contributed by atoms with Crippen molar-refractivity contribution in [3.05, 3.63) is 28.2 Å². The molecule has 1 unspecified atom stereocenters. The Kier molecular flexibility index (Phi) is 6.34. The highest BCUT2D eigenvalue weighted by Crippen LogP contribution is 2.32. The van der Waals surface area contributed by atoms with Crippen molar-refractivity contribution in [2.24, 2.45) is 0 Å². The van der Waals surface area contributed by atoms with Gasteiger partial charge >= 0.3 is 0 Å². The van der Waals surface area contributed by atoms with E-state index >= 15 is 0 Å². The van der Waals surface area contributed by atoms with E-state index < -0.39 is 0 Å². The highest BCUT2D eigenvalue weighted by atomic mass is 35.5. The molecule has 106 valence electrons. The number of benzene rings is 1. The van der Waals surface area contributed by atoms with Gasteiger partial charge in [-0.25, -0.2) is 0 Å². The first-order valence-corrected chi connectivity index (χ1v) is 8.64. The molecule has 4 heteroatoms. The van der Waals surface area contributed by atoms with E-state index in [1.165, 1.54) is 32.1 Å². The molecule has 0 bridgehead atoms. The maximum atomic E-state index is 6.19. The van der Waals surface area contributed by atoms with Gasteiger partial charge in [-0.1, -0.05) is 49.4 Å². The topological polar surface area (TPSA) is 12.0 Å². The number of nitrogens with one attached hydrogen (secondary N) is 1. The summed E-state index contributed by atoms with van der Waals surface area (Å²) in [5.74, 6) is 0. The zero-order chi connectivity index (χ0) is 13.7. The molecular formula is C15H21Cl2NS. The maximum absolute atomic E-state index is 6.19. The quantitative estimate of drug-likeness (QED) is 0.730. The first-order chi connectivity index (χ1) is 9.15. The van der Waals surface area contributed by atoms with E-state index in [0.717, 1.165) is 21.5 Å². The highest BCUT2D eigenvalue weighted by molar-refractivity contribution is 8.00. The van der Waals surface area contributed by atoms with Crippen LogP contribution in [0.2, 0.25) is 10.0 Å². The molecule has 1 N–H and O–H groups in total. The van der Waals surface area contributed by atoms with Gasteiger partial charge in [0.1, 0.15) is 0 Å². The zero-order valence-corrected chi connectivity index (χ0v) is 13.6. The molecule has 0 aromatic heterocycles. The van der Waals surface area contributed by atoms with Crippen molar-refractivity contribution in [1.29, 1.82) is 0 Å². The summed E-state index contributed by atoms with van der Waals surface area (Å²) in [6.45, 7) is 3.26. The number of hydrogen-bond acceptors (Lipinski definition) is 2. The molecule has 0 spiro atoms. The van der Waals surface area contributed by atoms with Crippen LogP contribution in [0.1, 0.15) is 39.0 Å². The first kappa shape index (κ1) is 15.5. The normalized spacial score (nSPS) is 18.5. The molecule has 1 atom stereocenters. The summed E-state index contributed by atoms with van der Waals surface area (Å²) in [5, 5.41) is 5.72. The molecule has 0 saturated heterocycles. The second kappa shape index (κ2) is 7.78. The minimum atomic E-state index is 0.498. The van der Waals surface area contributed by atoms with Crippen molar-refractivity contribution in [2.75, 3.05) is 6.54 Å². The average molecular weight is 318 g/mol. The van der Waals surface area contributed by atoms with Gasteiger partial charge in [0.05, 0.1) is 5.02 Å². The molecule has 1 aliphatic rings. The van der Waals surface area contributed by atoms with E-state index in [0.29, 0.717) is 11.3 Å². The van der Waals surface area contributed by atoms with Crippen molar-refractivity contribution in [3.8, 4) is 0 Å². The molecule has 1 saturated carbocycles. The fraction of sp³-hybridized carbons (Fsp3) is 0.600. The Morgan fingerprint density at radius 2 is 2.00 bits per heavy atom. The van der Waals surface area contributed by atoms with Crippen LogP contribution >= 0.6 is 35.0 Å². The van der Waals surface area contributed by atoms with Gasteiger partial charge in [0.2, 0.25) is 0 Å². The van der Waals surface area contributed by atoms with Crippen molar-refractivity contribution in [2.45, 2.75) is 55.2 Å². The molecule has 19 heavy (non-hydrogen) atoms. The summed E-state index contributed by atoms with van der Waals surface area (Å²) in [6.07, 6.45) is 6.81. The van der Waals surface area contributed by atoms with Gasteiger partial charge in [0.25, 0.3) is 0 Å². The van der Waals surface area contributed by atoms with Crippen LogP contribution in [0.15, 0.2) is 23.1 Å². The molecular weight excluding hydrogens is 297 g/mol. The van der Waals surface area contributed by atoms with Crippen molar-refractivity contribution < 1.29 is 0 Å². The molecule has 1 aromatic rings. The molecule has 1 fully saturated rings. The van der Waals surface area contributed by atoms with Crippen LogP contribution in [-0.4, -0.2) is 17.8 Å². The van der Waals surface area contributed by atoms with Gasteiger partial charge in [0, 0.05) is 27.8 Å². The van der Waals surface area contributed by atoms with Crippen LogP contribution in [0, 0.1) is 0 Å². The lowest BCUT2D eigenvalue weighted by Crippen LogP contribution is -2.35. The summed E-state index contributed by atoms with van der Waals surface area (Å²) in [6, 6.07) is 6.37. The van der Waals surface area contributed by atoms with E-state index in [-0.39, 0.29) is 0 Å². The fourth-order valence-electron chi connectivity index (χ4n) is 2.47. The lowest BCUT2D eigenvalue weighted by molar-refractivity contribution is 0.375. The number of thioether (sulfide) groups is 1. The fourth-order valence-corrected chi connectivity index (χ4v) is 3.94. The maximum Gasteiger partial charge on any atom is 0.0543 e. The number of hydrogen-bond donors (Lipinski definition) is 1. The van der Waals surface area contributed by atoms with E-state index in [4.69, 9.17) is 23.2 Å². The Morgan fingerprint density at radius 3 is 2.74 bits per heavy atom. The molecule has 0 radical (unpaired) electrons. The summed E-state index contributed by atoms with van der Waals surface area (Å²) in [5.41, 5.74) is 0. The lowest BCUT2D eigenvalue weighted by atomic mass is 9.95. The SMILES string of the molecule is CC(CNC1CCCCC1)Sc1cc(Cl)ccc1Cl. The van der Waals surface area contributed by atoms with E-state index in [9.17, 15) is 0 Å². The second-order valence-corrected chi connectivity index (χ2v) is 7.57. The monoisotopic (exact) mass is 317 g/mol. The lowest BCUT2D eigenvalue weighted by Gasteiger charge is -2.24. The number of halogens is 2. The Morgan fingerprint density at radius 1 is 1.26 bits per heavy atom. The average Bonchev–Trinajstić information content (AvgIpc) is 2.42. The van der Waals surface area contributed by atoms with E-state index in [1.54, 1.807) is 11.8 Å². The van der Waals surface area contributed by atoms with Crippen LogP contribution in [0.4, 0.5) is 0 Å². The van der Waals surface area contributed by atoms with Crippen LogP contribution in [0.5, 0.6) is 0 Å². The minimum absolute atomic E-state index is 0.498. The third-order valence-electron chi connectivity index (χ3n) is 3.52. The summed E-state index contributed by atoms with van der Waals surface area (Å²) in [7, 11) is 0. The van der Waals surface area contributed by atoms with E-state index in [1.807, 2.05) is 18.2 Å². The van der Waals surface area contributed by atoms with Crippen molar-refractivity contribution in [1.82, 2.24) is 5.32 Å². The third-order valence-corrected chi connectivity index (χ3v) is 5.36. The first-order valence-electron chi connectivity index (χ1n) is 7.00. The molecule has 1 nitrogen and oxygen atoms in total.